The number of thioether (sulfide) groups is 2. The Labute approximate surface area is 126 Å². The maximum Gasteiger partial charge on any atom is 0.315 e. The fourth-order valence-corrected chi connectivity index (χ4v) is 6.37. The molecule has 1 saturated heterocycles. The Morgan fingerprint density at radius 1 is 1.47 bits per heavy atom. The van der Waals surface area contributed by atoms with Gasteiger partial charge in [0.05, 0.1) is 10.9 Å². The molecule has 3 nitrogen and oxygen atoms in total. The maximum atomic E-state index is 11.3. The first-order valence-electron chi connectivity index (χ1n) is 6.39. The van der Waals surface area contributed by atoms with Crippen molar-refractivity contribution in [3.63, 3.8) is 0 Å². The highest BCUT2D eigenvalue weighted by molar-refractivity contribution is 8.06. The average Bonchev–Trinajstić information content (AvgIpc) is 2.88. The van der Waals surface area contributed by atoms with Gasteiger partial charge in [0, 0.05) is 22.1 Å². The highest BCUT2D eigenvalue weighted by Crippen LogP contribution is 2.45. The third kappa shape index (κ3) is 3.11. The van der Waals surface area contributed by atoms with Crippen LogP contribution in [0.1, 0.15) is 43.1 Å². The minimum absolute atomic E-state index is 0.423. The van der Waals surface area contributed by atoms with Crippen molar-refractivity contribution in [3.05, 3.63) is 16.1 Å². The van der Waals surface area contributed by atoms with Crippen LogP contribution in [0.25, 0.3) is 0 Å². The van der Waals surface area contributed by atoms with Gasteiger partial charge in [-0.05, 0) is 20.3 Å². The Morgan fingerprint density at radius 2 is 2.16 bits per heavy atom. The Balaban J connectivity index is 2.23. The van der Waals surface area contributed by atoms with Gasteiger partial charge in [0.25, 0.3) is 0 Å². The second-order valence-electron chi connectivity index (χ2n) is 5.11. The third-order valence-corrected chi connectivity index (χ3v) is 7.73. The zero-order chi connectivity index (χ0) is 14.0. The molecule has 0 saturated carbocycles. The standard InChI is InChI=1S/C13H19NO2S3/c1-4-8-10(18-6-5-17-8)11-14-9(7-19-11)13(2,3)12(15)16/h7-8,10H,4-6H2,1-3H3,(H,15,16). The summed E-state index contributed by atoms with van der Waals surface area (Å²) in [6.07, 6.45) is 1.14. The van der Waals surface area contributed by atoms with Gasteiger partial charge in [-0.15, -0.1) is 23.1 Å². The van der Waals surface area contributed by atoms with Gasteiger partial charge in [0.2, 0.25) is 0 Å². The minimum Gasteiger partial charge on any atom is -0.481 e. The number of carboxylic acid groups (broad SMARTS) is 1. The molecule has 6 heteroatoms. The van der Waals surface area contributed by atoms with Crippen LogP contribution in [0.5, 0.6) is 0 Å². The van der Waals surface area contributed by atoms with E-state index in [0.29, 0.717) is 16.2 Å². The molecular weight excluding hydrogens is 298 g/mol. The highest BCUT2D eigenvalue weighted by atomic mass is 32.2. The van der Waals surface area contributed by atoms with Gasteiger partial charge in [-0.2, -0.15) is 11.8 Å². The van der Waals surface area contributed by atoms with Crippen molar-refractivity contribution in [3.8, 4) is 0 Å². The first kappa shape index (κ1) is 15.2. The molecule has 1 aliphatic heterocycles. The zero-order valence-corrected chi connectivity index (χ0v) is 13.8. The van der Waals surface area contributed by atoms with Crippen molar-refractivity contribution in [1.82, 2.24) is 4.98 Å². The molecular formula is C13H19NO2S3. The summed E-state index contributed by atoms with van der Waals surface area (Å²) in [5, 5.41) is 13.3. The predicted molar refractivity (Wildman–Crippen MR) is 84.5 cm³/mol. The molecule has 2 heterocycles. The van der Waals surface area contributed by atoms with Gasteiger partial charge in [-0.3, -0.25) is 4.79 Å². The van der Waals surface area contributed by atoms with Crippen LogP contribution in [-0.2, 0) is 10.2 Å². The van der Waals surface area contributed by atoms with Crippen LogP contribution < -0.4 is 0 Å². The van der Waals surface area contributed by atoms with E-state index in [0.717, 1.165) is 17.2 Å². The molecule has 1 N–H and O–H groups in total. The van der Waals surface area contributed by atoms with E-state index in [1.807, 2.05) is 28.9 Å². The van der Waals surface area contributed by atoms with Gasteiger partial charge >= 0.3 is 5.97 Å². The topological polar surface area (TPSA) is 50.2 Å². The molecule has 0 bridgehead atoms. The molecule has 0 aliphatic carbocycles. The van der Waals surface area contributed by atoms with E-state index in [-0.39, 0.29) is 0 Å². The highest BCUT2D eigenvalue weighted by Gasteiger charge is 2.34. The molecule has 1 aliphatic rings. The van der Waals surface area contributed by atoms with Gasteiger partial charge in [0.15, 0.2) is 0 Å². The summed E-state index contributed by atoms with van der Waals surface area (Å²) in [6, 6.07) is 0. The lowest BCUT2D eigenvalue weighted by Gasteiger charge is -2.28. The normalized spacial score (nSPS) is 24.4. The summed E-state index contributed by atoms with van der Waals surface area (Å²) in [5.41, 5.74) is -0.214. The van der Waals surface area contributed by atoms with Crippen molar-refractivity contribution in [2.45, 2.75) is 43.1 Å². The number of carbonyl (C=O) groups is 1. The van der Waals surface area contributed by atoms with E-state index in [2.05, 4.69) is 11.9 Å². The molecule has 0 aromatic carbocycles. The van der Waals surface area contributed by atoms with Gasteiger partial charge in [-0.1, -0.05) is 6.92 Å². The summed E-state index contributed by atoms with van der Waals surface area (Å²) < 4.78 is 0. The van der Waals surface area contributed by atoms with Gasteiger partial charge < -0.3 is 5.11 Å². The molecule has 0 spiro atoms. The quantitative estimate of drug-likeness (QED) is 0.915. The summed E-state index contributed by atoms with van der Waals surface area (Å²) in [6.45, 7) is 5.65. The van der Waals surface area contributed by atoms with Crippen LogP contribution >= 0.6 is 34.9 Å². The summed E-state index contributed by atoms with van der Waals surface area (Å²) >= 11 is 5.59. The molecule has 2 rings (SSSR count). The number of hydrogen-bond donors (Lipinski definition) is 1. The molecule has 0 amide bonds. The first-order chi connectivity index (χ1) is 8.96. The van der Waals surface area contributed by atoms with Crippen molar-refractivity contribution in [2.75, 3.05) is 11.5 Å². The van der Waals surface area contributed by atoms with Crippen LogP contribution in [0.2, 0.25) is 0 Å². The van der Waals surface area contributed by atoms with E-state index in [9.17, 15) is 9.90 Å². The Hall–Kier alpha value is -0.200. The molecule has 1 fully saturated rings. The van der Waals surface area contributed by atoms with Crippen LogP contribution in [0.4, 0.5) is 0 Å². The summed E-state index contributed by atoms with van der Waals surface area (Å²) in [4.78, 5) is 15.9. The van der Waals surface area contributed by atoms with E-state index in [4.69, 9.17) is 0 Å². The second kappa shape index (κ2) is 6.06. The Morgan fingerprint density at radius 3 is 2.79 bits per heavy atom. The van der Waals surface area contributed by atoms with Crippen LogP contribution in [0, 0.1) is 0 Å². The molecule has 1 aromatic rings. The molecule has 19 heavy (non-hydrogen) atoms. The number of rotatable bonds is 4. The molecule has 2 atom stereocenters. The lowest BCUT2D eigenvalue weighted by atomic mass is 9.90. The van der Waals surface area contributed by atoms with E-state index in [1.54, 1.807) is 25.2 Å². The fourth-order valence-electron chi connectivity index (χ4n) is 1.95. The minimum atomic E-state index is -0.900. The predicted octanol–water partition coefficient (Wildman–Crippen LogP) is 3.81. The Bertz CT molecular complexity index is 458. The van der Waals surface area contributed by atoms with Crippen molar-refractivity contribution in [2.24, 2.45) is 0 Å². The lowest BCUT2D eigenvalue weighted by molar-refractivity contribution is -0.142. The molecule has 106 valence electrons. The van der Waals surface area contributed by atoms with Crippen LogP contribution in [0.3, 0.4) is 0 Å². The first-order valence-corrected chi connectivity index (χ1v) is 9.37. The third-order valence-electron chi connectivity index (χ3n) is 3.39. The van der Waals surface area contributed by atoms with Crippen LogP contribution in [0.15, 0.2) is 5.38 Å². The zero-order valence-electron chi connectivity index (χ0n) is 11.4. The number of aliphatic carboxylic acids is 1. The summed E-state index contributed by atoms with van der Waals surface area (Å²) in [7, 11) is 0. The number of thiazole rings is 1. The van der Waals surface area contributed by atoms with Gasteiger partial charge in [0.1, 0.15) is 10.4 Å². The second-order valence-corrected chi connectivity index (χ2v) is 8.60. The van der Waals surface area contributed by atoms with Crippen molar-refractivity contribution >= 4 is 40.8 Å². The molecule has 0 radical (unpaired) electrons. The fraction of sp³-hybridized carbons (Fsp3) is 0.692. The van der Waals surface area contributed by atoms with Crippen molar-refractivity contribution in [1.29, 1.82) is 0 Å². The van der Waals surface area contributed by atoms with E-state index in [1.165, 1.54) is 5.75 Å². The van der Waals surface area contributed by atoms with Crippen molar-refractivity contribution < 1.29 is 9.90 Å². The van der Waals surface area contributed by atoms with E-state index < -0.39 is 11.4 Å². The van der Waals surface area contributed by atoms with Gasteiger partial charge in [-0.25, -0.2) is 4.98 Å². The average molecular weight is 318 g/mol. The number of hydrogen-bond acceptors (Lipinski definition) is 5. The van der Waals surface area contributed by atoms with Crippen LogP contribution in [-0.4, -0.2) is 32.8 Å². The number of nitrogens with zero attached hydrogens (tertiary/aromatic N) is 1. The molecule has 1 aromatic heterocycles. The largest absolute Gasteiger partial charge is 0.481 e. The maximum absolute atomic E-state index is 11.3. The summed E-state index contributed by atoms with van der Waals surface area (Å²) in [5.74, 6) is 1.55. The number of carboxylic acids is 1. The lowest BCUT2D eigenvalue weighted by Crippen LogP contribution is -2.29. The SMILES string of the molecule is CCC1SCCSC1c1nc(C(C)(C)C(=O)O)cs1. The monoisotopic (exact) mass is 317 g/mol. The Kier molecular flexibility index (Phi) is 4.84. The van der Waals surface area contributed by atoms with E-state index >= 15 is 0 Å². The molecule has 2 unspecified atom stereocenters. The smallest absolute Gasteiger partial charge is 0.315 e. The number of aromatic nitrogens is 1.